The lowest BCUT2D eigenvalue weighted by Gasteiger charge is -2.49. The number of anilines is 1. The number of ketones is 1. The number of aromatic nitrogens is 2. The summed E-state index contributed by atoms with van der Waals surface area (Å²) in [6, 6.07) is 1.91. The van der Waals surface area contributed by atoms with Crippen LogP contribution < -0.4 is 15.6 Å². The van der Waals surface area contributed by atoms with Crippen LogP contribution in [0.1, 0.15) is 38.3 Å². The monoisotopic (exact) mass is 601 g/mol. The van der Waals surface area contributed by atoms with Crippen LogP contribution in [-0.2, 0) is 35.3 Å². The Labute approximate surface area is 243 Å². The Hall–Kier alpha value is -3.98. The van der Waals surface area contributed by atoms with E-state index in [0.717, 1.165) is 46.8 Å². The summed E-state index contributed by atoms with van der Waals surface area (Å²) in [5.41, 5.74) is 5.62. The fraction of sp³-hybridized carbons (Fsp3) is 0.423. The number of amides is 2. The second kappa shape index (κ2) is 12.3. The topological polar surface area (TPSA) is 177 Å². The number of nitrogens with one attached hydrogen (secondary N) is 1. The number of nitrogens with two attached hydrogens (primary N) is 1. The highest BCUT2D eigenvalue weighted by Gasteiger charge is 2.55. The number of carboxylic acids is 1. The van der Waals surface area contributed by atoms with Gasteiger partial charge in [-0.25, -0.2) is 9.78 Å². The lowest BCUT2D eigenvalue weighted by molar-refractivity contribution is -0.684. The average molecular weight is 602 g/mol. The number of aliphatic carboxylic acids is 1. The molecule has 1 aliphatic carbocycles. The van der Waals surface area contributed by atoms with Gasteiger partial charge < -0.3 is 25.7 Å². The molecule has 2 atom stereocenters. The number of carboxylic acid groups (broad SMARTS) is 1. The standard InChI is InChI=1S/C26H28N6O7S2/c1-14(33)10-31-8-6-16(7-9-31)40-13-19-22(25(36)37)32-18(11-38-19)21(24(32)35)29-23(34)20(17-12-41-26(27)28-17)30-39-15-4-2-3-5-15/h6-9,12,15,18,21H,2-5,10-11,13H2,1H3,(H3-,27,28,29,34,36,37)/p+1/b30-20-/t18-,21+/m1/s1. The predicted octanol–water partition coefficient (Wildman–Crippen LogP) is 1.08. The first-order valence-electron chi connectivity index (χ1n) is 13.0. The van der Waals surface area contributed by atoms with Crippen LogP contribution in [0.5, 0.6) is 0 Å². The minimum atomic E-state index is -1.30. The van der Waals surface area contributed by atoms with E-state index in [1.165, 1.54) is 18.7 Å². The molecule has 4 N–H and O–H groups in total. The normalized spacial score (nSPS) is 20.8. The Balaban J connectivity index is 1.27. The van der Waals surface area contributed by atoms with Gasteiger partial charge in [-0.1, -0.05) is 5.16 Å². The summed E-state index contributed by atoms with van der Waals surface area (Å²) in [4.78, 5) is 61.6. The number of Topliss-reactive ketones (excluding diaryl/α,β-unsaturated/α-hetero) is 1. The van der Waals surface area contributed by atoms with Crippen LogP contribution in [0.3, 0.4) is 0 Å². The van der Waals surface area contributed by atoms with Gasteiger partial charge in [0, 0.05) is 29.3 Å². The molecule has 1 saturated heterocycles. The quantitative estimate of drug-likeness (QED) is 0.111. The number of nitrogens with zero attached hydrogens (tertiary/aromatic N) is 4. The van der Waals surface area contributed by atoms with E-state index in [-0.39, 0.29) is 58.8 Å². The van der Waals surface area contributed by atoms with Gasteiger partial charge in [0.1, 0.15) is 36.2 Å². The first-order valence-corrected chi connectivity index (χ1v) is 14.9. The second-order valence-corrected chi connectivity index (χ2v) is 11.8. The van der Waals surface area contributed by atoms with E-state index in [1.807, 2.05) is 12.1 Å². The van der Waals surface area contributed by atoms with Crippen molar-refractivity contribution in [2.45, 2.75) is 62.2 Å². The Morgan fingerprint density at radius 2 is 2.05 bits per heavy atom. The lowest BCUT2D eigenvalue weighted by atomic mass is 9.92. The molecule has 216 valence electrons. The number of β-lactam (4-membered cyclic amide) rings is 1. The third-order valence-electron chi connectivity index (χ3n) is 6.85. The zero-order valence-electron chi connectivity index (χ0n) is 22.1. The maximum absolute atomic E-state index is 13.2. The molecule has 1 saturated carbocycles. The van der Waals surface area contributed by atoms with Crippen molar-refractivity contribution in [3.63, 3.8) is 0 Å². The maximum atomic E-state index is 13.2. The third-order valence-corrected chi connectivity index (χ3v) is 8.54. The molecule has 2 fully saturated rings. The van der Waals surface area contributed by atoms with Crippen molar-refractivity contribution >= 4 is 57.5 Å². The highest BCUT2D eigenvalue weighted by Crippen LogP contribution is 2.35. The Kier molecular flexibility index (Phi) is 8.54. The van der Waals surface area contributed by atoms with E-state index in [9.17, 15) is 24.3 Å². The molecule has 41 heavy (non-hydrogen) atoms. The zero-order chi connectivity index (χ0) is 29.1. The van der Waals surface area contributed by atoms with E-state index in [0.29, 0.717) is 0 Å². The van der Waals surface area contributed by atoms with E-state index >= 15 is 0 Å². The third kappa shape index (κ3) is 6.35. The summed E-state index contributed by atoms with van der Waals surface area (Å²) in [6.45, 7) is 1.77. The number of carbonyl (C=O) groups is 4. The van der Waals surface area contributed by atoms with Crippen molar-refractivity contribution < 1.29 is 38.4 Å². The Bertz CT molecular complexity index is 1420. The van der Waals surface area contributed by atoms with Crippen molar-refractivity contribution in [2.24, 2.45) is 5.16 Å². The molecule has 15 heteroatoms. The van der Waals surface area contributed by atoms with E-state index < -0.39 is 29.9 Å². The minimum Gasteiger partial charge on any atom is -0.492 e. The van der Waals surface area contributed by atoms with Gasteiger partial charge in [-0.05, 0) is 25.7 Å². The molecule has 4 heterocycles. The maximum Gasteiger partial charge on any atom is 0.356 e. The number of rotatable bonds is 11. The molecule has 2 aliphatic heterocycles. The molecular weight excluding hydrogens is 572 g/mol. The number of hydrogen-bond donors (Lipinski definition) is 3. The number of oxime groups is 1. The van der Waals surface area contributed by atoms with Gasteiger partial charge in [-0.3, -0.25) is 19.3 Å². The minimum absolute atomic E-state index is 0.00542. The summed E-state index contributed by atoms with van der Waals surface area (Å²) in [7, 11) is 0. The van der Waals surface area contributed by atoms with E-state index in [4.69, 9.17) is 15.3 Å². The molecule has 13 nitrogen and oxygen atoms in total. The van der Waals surface area contributed by atoms with Gasteiger partial charge >= 0.3 is 5.97 Å². The van der Waals surface area contributed by atoms with Gasteiger partial charge in [-0.2, -0.15) is 4.57 Å². The number of pyridine rings is 1. The molecule has 0 spiro atoms. The number of nitrogen functional groups attached to an aromatic ring is 1. The lowest BCUT2D eigenvalue weighted by Crippen LogP contribution is -2.73. The fourth-order valence-corrected chi connectivity index (χ4v) is 6.23. The molecule has 2 amide bonds. The number of ether oxygens (including phenoxy) is 1. The number of thiazole rings is 1. The van der Waals surface area contributed by atoms with Crippen LogP contribution in [0.2, 0.25) is 0 Å². The van der Waals surface area contributed by atoms with Crippen molar-refractivity contribution in [3.05, 3.63) is 47.1 Å². The molecule has 3 aliphatic rings. The highest BCUT2D eigenvalue weighted by molar-refractivity contribution is 7.99. The van der Waals surface area contributed by atoms with Crippen LogP contribution in [-0.4, -0.2) is 74.8 Å². The molecule has 0 bridgehead atoms. The predicted molar refractivity (Wildman–Crippen MR) is 148 cm³/mol. The molecule has 0 aromatic carbocycles. The number of fused-ring (bicyclic) bond motifs is 1. The molecule has 0 unspecified atom stereocenters. The smallest absolute Gasteiger partial charge is 0.356 e. The molecule has 2 aromatic rings. The SMILES string of the molecule is CC(=O)C[n+]1ccc(SCC2=C(C(=O)O)N3C(=O)[C@@H](NC(=O)/C(=N\OC4CCCC4)c4csc(N)n4)[C@H]3CO2)cc1. The van der Waals surface area contributed by atoms with Crippen LogP contribution in [0.25, 0.3) is 0 Å². The molecule has 5 rings (SSSR count). The summed E-state index contributed by atoms with van der Waals surface area (Å²) in [6.07, 6.45) is 7.13. The van der Waals surface area contributed by atoms with E-state index in [1.54, 1.807) is 22.3 Å². The summed E-state index contributed by atoms with van der Waals surface area (Å²) >= 11 is 2.48. The number of hydrogen-bond acceptors (Lipinski definition) is 11. The first-order chi connectivity index (χ1) is 19.7. The van der Waals surface area contributed by atoms with Crippen LogP contribution in [0, 0.1) is 0 Å². The molecule has 0 radical (unpaired) electrons. The number of carbonyl (C=O) groups excluding carboxylic acids is 3. The molecule has 2 aromatic heterocycles. The van der Waals surface area contributed by atoms with E-state index in [2.05, 4.69) is 15.5 Å². The zero-order valence-corrected chi connectivity index (χ0v) is 23.8. The summed E-state index contributed by atoms with van der Waals surface area (Å²) in [5.74, 6) is -2.19. The molecular formula is C26H29N6O7S2+. The van der Waals surface area contributed by atoms with Crippen molar-refractivity contribution in [1.29, 1.82) is 0 Å². The van der Waals surface area contributed by atoms with Crippen molar-refractivity contribution in [2.75, 3.05) is 18.1 Å². The van der Waals surface area contributed by atoms with Crippen molar-refractivity contribution in [3.8, 4) is 0 Å². The van der Waals surface area contributed by atoms with Crippen molar-refractivity contribution in [1.82, 2.24) is 15.2 Å². The first kappa shape index (κ1) is 28.5. The van der Waals surface area contributed by atoms with Crippen LogP contribution in [0.4, 0.5) is 5.13 Å². The fourth-order valence-electron chi connectivity index (χ4n) is 4.85. The van der Waals surface area contributed by atoms with Gasteiger partial charge in [0.05, 0.1) is 5.75 Å². The van der Waals surface area contributed by atoms with Gasteiger partial charge in [-0.15, -0.1) is 23.1 Å². The van der Waals surface area contributed by atoms with Gasteiger partial charge in [0.15, 0.2) is 34.7 Å². The van der Waals surface area contributed by atoms with Gasteiger partial charge in [0.25, 0.3) is 11.8 Å². The van der Waals surface area contributed by atoms with Gasteiger partial charge in [0.2, 0.25) is 6.54 Å². The average Bonchev–Trinajstić information content (AvgIpc) is 3.62. The second-order valence-electron chi connectivity index (χ2n) is 9.83. The Morgan fingerprint density at radius 1 is 1.32 bits per heavy atom. The van der Waals surface area contributed by atoms with Crippen LogP contribution in [0.15, 0.2) is 51.4 Å². The number of thioether (sulfide) groups is 1. The summed E-state index contributed by atoms with van der Waals surface area (Å²) in [5, 5.41) is 18.5. The Morgan fingerprint density at radius 3 is 2.68 bits per heavy atom. The highest BCUT2D eigenvalue weighted by atomic mass is 32.2. The summed E-state index contributed by atoms with van der Waals surface area (Å²) < 4.78 is 7.55. The largest absolute Gasteiger partial charge is 0.492 e. The van der Waals surface area contributed by atoms with Crippen LogP contribution >= 0.6 is 23.1 Å².